The second-order valence-electron chi connectivity index (χ2n) is 4.41. The van der Waals surface area contributed by atoms with Gasteiger partial charge in [-0.05, 0) is 25.8 Å². The molecule has 0 rings (SSSR count). The fourth-order valence-corrected chi connectivity index (χ4v) is 1.24. The van der Waals surface area contributed by atoms with Gasteiger partial charge in [0, 0.05) is 12.6 Å². The van der Waals surface area contributed by atoms with Crippen LogP contribution in [0.1, 0.15) is 34.1 Å². The number of hydrogen-bond donors (Lipinski definition) is 1. The zero-order valence-corrected chi connectivity index (χ0v) is 9.11. The molecule has 0 aliphatic carbocycles. The van der Waals surface area contributed by atoms with E-state index in [9.17, 15) is 0 Å². The maximum absolute atomic E-state index is 5.37. The lowest BCUT2D eigenvalue weighted by atomic mass is 9.88. The summed E-state index contributed by atoms with van der Waals surface area (Å²) >= 11 is 0. The minimum Gasteiger partial charge on any atom is -0.380 e. The van der Waals surface area contributed by atoms with E-state index in [1.54, 1.807) is 0 Å². The molecule has 1 atom stereocenters. The van der Waals surface area contributed by atoms with Crippen LogP contribution in [0.2, 0.25) is 0 Å². The van der Waals surface area contributed by atoms with Crippen molar-refractivity contribution >= 4 is 0 Å². The summed E-state index contributed by atoms with van der Waals surface area (Å²) in [6.07, 6.45) is 1.16. The maximum Gasteiger partial charge on any atom is 0.0619 e. The minimum atomic E-state index is 0.380. The largest absolute Gasteiger partial charge is 0.380 e. The SMILES string of the molecule is CCOCC(CC(C)(C)C)NC. The van der Waals surface area contributed by atoms with Crippen LogP contribution in [0.5, 0.6) is 0 Å². The summed E-state index contributed by atoms with van der Waals surface area (Å²) in [6.45, 7) is 10.4. The van der Waals surface area contributed by atoms with Crippen molar-refractivity contribution in [2.24, 2.45) is 5.41 Å². The van der Waals surface area contributed by atoms with Gasteiger partial charge in [0.15, 0.2) is 0 Å². The summed E-state index contributed by atoms with van der Waals surface area (Å²) in [5, 5.41) is 3.27. The highest BCUT2D eigenvalue weighted by Gasteiger charge is 2.16. The molecule has 0 fully saturated rings. The highest BCUT2D eigenvalue weighted by atomic mass is 16.5. The number of ether oxygens (including phenoxy) is 1. The molecule has 0 aliphatic rings. The zero-order chi connectivity index (χ0) is 9.61. The summed E-state index contributed by atoms with van der Waals surface area (Å²) in [4.78, 5) is 0. The lowest BCUT2D eigenvalue weighted by molar-refractivity contribution is 0.110. The van der Waals surface area contributed by atoms with Crippen LogP contribution >= 0.6 is 0 Å². The normalized spacial score (nSPS) is 14.8. The predicted molar refractivity (Wildman–Crippen MR) is 53.4 cm³/mol. The second kappa shape index (κ2) is 5.55. The molecule has 0 spiro atoms. The number of hydrogen-bond acceptors (Lipinski definition) is 2. The molecule has 0 saturated heterocycles. The van der Waals surface area contributed by atoms with Crippen molar-refractivity contribution in [1.29, 1.82) is 0 Å². The molecule has 0 bridgehead atoms. The number of rotatable bonds is 5. The molecule has 0 aromatic carbocycles. The Bertz CT molecular complexity index is 107. The smallest absolute Gasteiger partial charge is 0.0619 e. The van der Waals surface area contributed by atoms with E-state index < -0.39 is 0 Å². The topological polar surface area (TPSA) is 21.3 Å². The van der Waals surface area contributed by atoms with Crippen LogP contribution in [0, 0.1) is 5.41 Å². The standard InChI is InChI=1S/C10H23NO/c1-6-12-8-9(11-5)7-10(2,3)4/h9,11H,6-8H2,1-5H3. The molecule has 0 saturated carbocycles. The summed E-state index contributed by atoms with van der Waals surface area (Å²) in [6, 6.07) is 0.491. The fraction of sp³-hybridized carbons (Fsp3) is 1.00. The predicted octanol–water partition coefficient (Wildman–Crippen LogP) is 2.05. The van der Waals surface area contributed by atoms with E-state index in [4.69, 9.17) is 4.74 Å². The molecule has 1 N–H and O–H groups in total. The van der Waals surface area contributed by atoms with Crippen molar-refractivity contribution in [3.63, 3.8) is 0 Å². The average molecular weight is 173 g/mol. The van der Waals surface area contributed by atoms with Crippen LogP contribution in [0.25, 0.3) is 0 Å². The third-order valence-electron chi connectivity index (χ3n) is 1.79. The first-order chi connectivity index (χ1) is 5.49. The van der Waals surface area contributed by atoms with Crippen molar-refractivity contribution < 1.29 is 4.74 Å². The highest BCUT2D eigenvalue weighted by Crippen LogP contribution is 2.20. The van der Waals surface area contributed by atoms with Gasteiger partial charge in [0.25, 0.3) is 0 Å². The molecule has 74 valence electrons. The number of likely N-dealkylation sites (N-methyl/N-ethyl adjacent to an activating group) is 1. The van der Waals surface area contributed by atoms with Crippen molar-refractivity contribution in [3.05, 3.63) is 0 Å². The molecule has 0 amide bonds. The van der Waals surface area contributed by atoms with Gasteiger partial charge in [-0.2, -0.15) is 0 Å². The van der Waals surface area contributed by atoms with E-state index >= 15 is 0 Å². The molecular weight excluding hydrogens is 150 g/mol. The molecule has 2 heteroatoms. The first-order valence-electron chi connectivity index (χ1n) is 4.74. The van der Waals surface area contributed by atoms with E-state index in [1.165, 1.54) is 0 Å². The van der Waals surface area contributed by atoms with Crippen molar-refractivity contribution in [2.75, 3.05) is 20.3 Å². The molecule has 0 aromatic rings. The van der Waals surface area contributed by atoms with Crippen LogP contribution in [-0.2, 0) is 4.74 Å². The Balaban J connectivity index is 3.67. The molecule has 0 aromatic heterocycles. The lowest BCUT2D eigenvalue weighted by Gasteiger charge is -2.25. The highest BCUT2D eigenvalue weighted by molar-refractivity contribution is 4.72. The molecule has 0 heterocycles. The van der Waals surface area contributed by atoms with Crippen molar-refractivity contribution in [1.82, 2.24) is 5.32 Å². The lowest BCUT2D eigenvalue weighted by Crippen LogP contribution is -2.34. The monoisotopic (exact) mass is 173 g/mol. The number of nitrogens with one attached hydrogen (secondary N) is 1. The molecule has 12 heavy (non-hydrogen) atoms. The van der Waals surface area contributed by atoms with Crippen molar-refractivity contribution in [2.45, 2.75) is 40.2 Å². The van der Waals surface area contributed by atoms with Gasteiger partial charge in [0.1, 0.15) is 0 Å². The van der Waals surface area contributed by atoms with Gasteiger partial charge in [-0.1, -0.05) is 20.8 Å². The minimum absolute atomic E-state index is 0.380. The molecular formula is C10H23NO. The molecule has 1 unspecified atom stereocenters. The van der Waals surface area contributed by atoms with Gasteiger partial charge in [0.05, 0.1) is 6.61 Å². The third kappa shape index (κ3) is 6.62. The molecule has 2 nitrogen and oxygen atoms in total. The van der Waals surface area contributed by atoms with E-state index in [-0.39, 0.29) is 0 Å². The maximum atomic E-state index is 5.37. The van der Waals surface area contributed by atoms with Crippen LogP contribution in [0.4, 0.5) is 0 Å². The first-order valence-corrected chi connectivity index (χ1v) is 4.74. The fourth-order valence-electron chi connectivity index (χ4n) is 1.24. The van der Waals surface area contributed by atoms with Crippen LogP contribution in [-0.4, -0.2) is 26.3 Å². The van der Waals surface area contributed by atoms with Crippen LogP contribution in [0.3, 0.4) is 0 Å². The molecule has 0 aliphatic heterocycles. The van der Waals surface area contributed by atoms with Gasteiger partial charge in [-0.15, -0.1) is 0 Å². The summed E-state index contributed by atoms with van der Waals surface area (Å²) in [5.74, 6) is 0. The zero-order valence-electron chi connectivity index (χ0n) is 9.11. The summed E-state index contributed by atoms with van der Waals surface area (Å²) < 4.78 is 5.37. The Morgan fingerprint density at radius 1 is 1.33 bits per heavy atom. The van der Waals surface area contributed by atoms with E-state index in [1.807, 2.05) is 14.0 Å². The summed E-state index contributed by atoms with van der Waals surface area (Å²) in [5.41, 5.74) is 0.380. The summed E-state index contributed by atoms with van der Waals surface area (Å²) in [7, 11) is 2.00. The van der Waals surface area contributed by atoms with E-state index in [2.05, 4.69) is 26.1 Å². The average Bonchev–Trinajstić information content (AvgIpc) is 1.95. The van der Waals surface area contributed by atoms with Gasteiger partial charge in [-0.25, -0.2) is 0 Å². The Kier molecular flexibility index (Phi) is 5.51. The van der Waals surface area contributed by atoms with Crippen LogP contribution in [0.15, 0.2) is 0 Å². The van der Waals surface area contributed by atoms with Crippen molar-refractivity contribution in [3.8, 4) is 0 Å². The Labute approximate surface area is 76.7 Å². The van der Waals surface area contributed by atoms with Crippen LogP contribution < -0.4 is 5.32 Å². The van der Waals surface area contributed by atoms with Gasteiger partial charge >= 0.3 is 0 Å². The second-order valence-corrected chi connectivity index (χ2v) is 4.41. The Morgan fingerprint density at radius 3 is 2.25 bits per heavy atom. The van der Waals surface area contributed by atoms with E-state index in [0.717, 1.165) is 19.6 Å². The van der Waals surface area contributed by atoms with Gasteiger partial charge in [-0.3, -0.25) is 0 Å². The van der Waals surface area contributed by atoms with Gasteiger partial charge in [0.2, 0.25) is 0 Å². The van der Waals surface area contributed by atoms with Gasteiger partial charge < -0.3 is 10.1 Å². The quantitative estimate of drug-likeness (QED) is 0.687. The molecule has 0 radical (unpaired) electrons. The Hall–Kier alpha value is -0.0800. The first kappa shape index (κ1) is 11.9. The third-order valence-corrected chi connectivity index (χ3v) is 1.79. The Morgan fingerprint density at radius 2 is 1.92 bits per heavy atom. The van der Waals surface area contributed by atoms with E-state index in [0.29, 0.717) is 11.5 Å².